The van der Waals surface area contributed by atoms with Crippen LogP contribution >= 0.6 is 15.9 Å². The standard InChI is InChI=1S/C11H11BrFNO6S/c1-20-10(15)5-8(11(16)17)14-21(18,19)9-3-2-6(12)4-7(9)13/h2-4,8,14H,5H2,1H3,(H,16,17)/t8-/m0/s1. The third kappa shape index (κ3) is 4.76. The van der Waals surface area contributed by atoms with Crippen molar-refractivity contribution in [3.05, 3.63) is 28.5 Å². The van der Waals surface area contributed by atoms with Crippen molar-refractivity contribution in [2.75, 3.05) is 7.11 Å². The molecule has 0 radical (unpaired) electrons. The Morgan fingerprint density at radius 2 is 2.10 bits per heavy atom. The second-order valence-corrected chi connectivity index (χ2v) is 6.47. The molecule has 0 bridgehead atoms. The van der Waals surface area contributed by atoms with Crippen molar-refractivity contribution in [3.8, 4) is 0 Å². The molecular formula is C11H11BrFNO6S. The van der Waals surface area contributed by atoms with E-state index < -0.39 is 45.1 Å². The highest BCUT2D eigenvalue weighted by Crippen LogP contribution is 2.19. The van der Waals surface area contributed by atoms with Gasteiger partial charge in [-0.1, -0.05) is 15.9 Å². The van der Waals surface area contributed by atoms with E-state index in [0.717, 1.165) is 19.2 Å². The Bertz CT molecular complexity index is 663. The minimum atomic E-state index is -4.44. The molecule has 10 heteroatoms. The van der Waals surface area contributed by atoms with Crippen LogP contribution in [0, 0.1) is 5.82 Å². The number of ether oxygens (including phenoxy) is 1. The molecule has 2 N–H and O–H groups in total. The number of rotatable bonds is 6. The highest BCUT2D eigenvalue weighted by atomic mass is 79.9. The Kier molecular flexibility index (Phi) is 5.81. The Morgan fingerprint density at radius 1 is 1.48 bits per heavy atom. The van der Waals surface area contributed by atoms with E-state index in [4.69, 9.17) is 5.11 Å². The summed E-state index contributed by atoms with van der Waals surface area (Å²) in [5, 5.41) is 8.91. The molecule has 0 unspecified atom stereocenters. The SMILES string of the molecule is COC(=O)C[C@H](NS(=O)(=O)c1ccc(Br)cc1F)C(=O)O. The van der Waals surface area contributed by atoms with Crippen molar-refractivity contribution < 1.29 is 32.2 Å². The van der Waals surface area contributed by atoms with Crippen molar-refractivity contribution in [1.29, 1.82) is 0 Å². The van der Waals surface area contributed by atoms with E-state index in [9.17, 15) is 22.4 Å². The van der Waals surface area contributed by atoms with Crippen LogP contribution in [0.15, 0.2) is 27.6 Å². The Hall–Kier alpha value is -1.52. The summed E-state index contributed by atoms with van der Waals surface area (Å²) in [6, 6.07) is 1.42. The first-order chi connectivity index (χ1) is 9.67. The monoisotopic (exact) mass is 383 g/mol. The molecule has 0 aromatic heterocycles. The average Bonchev–Trinajstić information content (AvgIpc) is 2.36. The van der Waals surface area contributed by atoms with Gasteiger partial charge in [-0.15, -0.1) is 0 Å². The van der Waals surface area contributed by atoms with Crippen molar-refractivity contribution in [3.63, 3.8) is 0 Å². The zero-order valence-corrected chi connectivity index (χ0v) is 13.1. The second-order valence-electron chi connectivity index (χ2n) is 3.87. The molecule has 116 valence electrons. The van der Waals surface area contributed by atoms with Crippen LogP contribution in [0.2, 0.25) is 0 Å². The number of aliphatic carboxylic acids is 1. The van der Waals surface area contributed by atoms with Crippen LogP contribution in [-0.2, 0) is 24.3 Å². The van der Waals surface area contributed by atoms with Gasteiger partial charge in [-0.05, 0) is 18.2 Å². The van der Waals surface area contributed by atoms with Gasteiger partial charge in [0, 0.05) is 4.47 Å². The molecule has 0 aliphatic carbocycles. The van der Waals surface area contributed by atoms with Crippen molar-refractivity contribution in [1.82, 2.24) is 4.72 Å². The fourth-order valence-electron chi connectivity index (χ4n) is 1.37. The summed E-state index contributed by atoms with van der Waals surface area (Å²) in [5.74, 6) is -3.55. The number of halogens is 2. The van der Waals surface area contributed by atoms with Gasteiger partial charge in [-0.3, -0.25) is 9.59 Å². The Morgan fingerprint density at radius 3 is 2.57 bits per heavy atom. The van der Waals surface area contributed by atoms with Crippen LogP contribution in [0.5, 0.6) is 0 Å². The Balaban J connectivity index is 3.06. The van der Waals surface area contributed by atoms with E-state index in [1.54, 1.807) is 4.72 Å². The molecule has 1 aromatic rings. The third-order valence-electron chi connectivity index (χ3n) is 2.38. The molecule has 0 fully saturated rings. The lowest BCUT2D eigenvalue weighted by atomic mass is 10.2. The van der Waals surface area contributed by atoms with Gasteiger partial charge in [0.1, 0.15) is 16.8 Å². The summed E-state index contributed by atoms with van der Waals surface area (Å²) in [5.41, 5.74) is 0. The number of benzene rings is 1. The third-order valence-corrected chi connectivity index (χ3v) is 4.38. The molecule has 0 aliphatic rings. The predicted octanol–water partition coefficient (Wildman–Crippen LogP) is 0.883. The van der Waals surface area contributed by atoms with Crippen LogP contribution in [0.4, 0.5) is 4.39 Å². The van der Waals surface area contributed by atoms with Gasteiger partial charge in [0.15, 0.2) is 0 Å². The highest BCUT2D eigenvalue weighted by Gasteiger charge is 2.29. The largest absolute Gasteiger partial charge is 0.480 e. The number of carboxylic acids is 1. The van der Waals surface area contributed by atoms with E-state index in [1.807, 2.05) is 0 Å². The van der Waals surface area contributed by atoms with Gasteiger partial charge in [0.05, 0.1) is 13.5 Å². The summed E-state index contributed by atoms with van der Waals surface area (Å²) in [6.07, 6.45) is -0.719. The first kappa shape index (κ1) is 17.5. The number of hydrogen-bond donors (Lipinski definition) is 2. The predicted molar refractivity (Wildman–Crippen MR) is 72.5 cm³/mol. The molecule has 21 heavy (non-hydrogen) atoms. The van der Waals surface area contributed by atoms with Crippen molar-refractivity contribution in [2.45, 2.75) is 17.4 Å². The second kappa shape index (κ2) is 6.96. The molecule has 0 heterocycles. The first-order valence-electron chi connectivity index (χ1n) is 5.44. The lowest BCUT2D eigenvalue weighted by Gasteiger charge is -2.14. The molecule has 0 amide bonds. The van der Waals surface area contributed by atoms with Crippen LogP contribution in [0.3, 0.4) is 0 Å². The molecule has 0 saturated heterocycles. The van der Waals surface area contributed by atoms with Crippen LogP contribution in [-0.4, -0.2) is 38.6 Å². The lowest BCUT2D eigenvalue weighted by molar-refractivity contribution is -0.147. The minimum absolute atomic E-state index is 0.322. The topological polar surface area (TPSA) is 110 Å². The number of carbonyl (C=O) groups is 2. The van der Waals surface area contributed by atoms with E-state index in [2.05, 4.69) is 20.7 Å². The smallest absolute Gasteiger partial charge is 0.322 e. The quantitative estimate of drug-likeness (QED) is 0.705. The highest BCUT2D eigenvalue weighted by molar-refractivity contribution is 9.10. The van der Waals surface area contributed by atoms with E-state index >= 15 is 0 Å². The van der Waals surface area contributed by atoms with Gasteiger partial charge in [-0.25, -0.2) is 12.8 Å². The molecule has 1 atom stereocenters. The van der Waals surface area contributed by atoms with Crippen molar-refractivity contribution >= 4 is 37.9 Å². The van der Waals surface area contributed by atoms with E-state index in [0.29, 0.717) is 4.47 Å². The molecule has 1 rings (SSSR count). The van der Waals surface area contributed by atoms with Gasteiger partial charge >= 0.3 is 11.9 Å². The van der Waals surface area contributed by atoms with Gasteiger partial charge < -0.3 is 9.84 Å². The lowest BCUT2D eigenvalue weighted by Crippen LogP contribution is -2.42. The number of carboxylic acid groups (broad SMARTS) is 1. The normalized spacial score (nSPS) is 12.7. The average molecular weight is 384 g/mol. The zero-order chi connectivity index (χ0) is 16.2. The molecular weight excluding hydrogens is 373 g/mol. The molecule has 0 saturated carbocycles. The zero-order valence-electron chi connectivity index (χ0n) is 10.7. The number of hydrogen-bond acceptors (Lipinski definition) is 5. The molecule has 7 nitrogen and oxygen atoms in total. The summed E-state index contributed by atoms with van der Waals surface area (Å²) < 4.78 is 43.9. The maximum absolute atomic E-state index is 13.6. The number of esters is 1. The van der Waals surface area contributed by atoms with Gasteiger partial charge in [-0.2, -0.15) is 4.72 Å². The summed E-state index contributed by atoms with van der Waals surface area (Å²) >= 11 is 2.97. The molecule has 0 aliphatic heterocycles. The maximum atomic E-state index is 13.6. The van der Waals surface area contributed by atoms with Gasteiger partial charge in [0.25, 0.3) is 0 Å². The Labute approximate surface area is 128 Å². The van der Waals surface area contributed by atoms with Crippen molar-refractivity contribution in [2.24, 2.45) is 0 Å². The van der Waals surface area contributed by atoms with Gasteiger partial charge in [0.2, 0.25) is 10.0 Å². The van der Waals surface area contributed by atoms with Crippen LogP contribution in [0.25, 0.3) is 0 Å². The van der Waals surface area contributed by atoms with Crippen LogP contribution < -0.4 is 4.72 Å². The van der Waals surface area contributed by atoms with E-state index in [1.165, 1.54) is 6.07 Å². The maximum Gasteiger partial charge on any atom is 0.322 e. The van der Waals surface area contributed by atoms with Crippen LogP contribution in [0.1, 0.15) is 6.42 Å². The minimum Gasteiger partial charge on any atom is -0.480 e. The van der Waals surface area contributed by atoms with E-state index in [-0.39, 0.29) is 0 Å². The number of nitrogens with one attached hydrogen (secondary N) is 1. The number of carbonyl (C=O) groups excluding carboxylic acids is 1. The summed E-state index contributed by atoms with van der Waals surface area (Å²) in [4.78, 5) is 21.3. The fraction of sp³-hybridized carbons (Fsp3) is 0.273. The number of sulfonamides is 1. The number of methoxy groups -OCH3 is 1. The fourth-order valence-corrected chi connectivity index (χ4v) is 2.95. The summed E-state index contributed by atoms with van der Waals surface area (Å²) in [7, 11) is -3.41. The first-order valence-corrected chi connectivity index (χ1v) is 7.72. The molecule has 0 spiro atoms. The summed E-state index contributed by atoms with van der Waals surface area (Å²) in [6.45, 7) is 0. The molecule has 1 aromatic carbocycles.